The first-order chi connectivity index (χ1) is 8.21. The molecule has 6 heteroatoms. The first kappa shape index (κ1) is 17.8. The quantitative estimate of drug-likeness (QED) is 0.549. The Kier molecular flexibility index (Phi) is 12.3. The molecule has 0 N–H and O–H groups in total. The summed E-state index contributed by atoms with van der Waals surface area (Å²) in [5, 5.41) is 0. The molecule has 0 aromatic carbocycles. The lowest BCUT2D eigenvalue weighted by Gasteiger charge is -2.21. The molecule has 0 bridgehead atoms. The molecule has 0 spiro atoms. The number of hydrogen-bond donors (Lipinski definition) is 0. The van der Waals surface area contributed by atoms with Gasteiger partial charge in [-0.1, -0.05) is 6.92 Å². The summed E-state index contributed by atoms with van der Waals surface area (Å²) < 4.78 is 16.2. The van der Waals surface area contributed by atoms with Gasteiger partial charge in [0.25, 0.3) is 0 Å². The number of alkyl halides is 3. The number of methoxy groups -OCH3 is 1. The Bertz CT molecular complexity index is 148. The molecule has 3 atom stereocenters. The average Bonchev–Trinajstić information content (AvgIpc) is 2.38. The van der Waals surface area contributed by atoms with Gasteiger partial charge in [0.2, 0.25) is 0 Å². The summed E-state index contributed by atoms with van der Waals surface area (Å²) in [5.74, 6) is 1.25. The molecular formula is C11H21Cl3O3. The van der Waals surface area contributed by atoms with Gasteiger partial charge in [-0.25, -0.2) is 0 Å². The zero-order valence-electron chi connectivity index (χ0n) is 10.3. The smallest absolute Gasteiger partial charge is 0.0944 e. The highest BCUT2D eigenvalue weighted by Crippen LogP contribution is 2.06. The molecule has 0 aliphatic carbocycles. The van der Waals surface area contributed by atoms with Gasteiger partial charge in [-0.3, -0.25) is 0 Å². The summed E-state index contributed by atoms with van der Waals surface area (Å²) in [7, 11) is 1.60. The third-order valence-corrected chi connectivity index (χ3v) is 3.37. The van der Waals surface area contributed by atoms with Crippen LogP contribution in [0.4, 0.5) is 0 Å². The molecule has 0 aliphatic heterocycles. The van der Waals surface area contributed by atoms with Gasteiger partial charge in [-0.15, -0.1) is 34.8 Å². The van der Waals surface area contributed by atoms with Crippen molar-refractivity contribution in [3.8, 4) is 0 Å². The van der Waals surface area contributed by atoms with Gasteiger partial charge in [0.15, 0.2) is 0 Å². The molecule has 0 aromatic rings. The van der Waals surface area contributed by atoms with E-state index in [0.717, 1.165) is 6.42 Å². The second-order valence-corrected chi connectivity index (χ2v) is 4.57. The monoisotopic (exact) mass is 306 g/mol. The molecule has 0 radical (unpaired) electrons. The third kappa shape index (κ3) is 8.46. The van der Waals surface area contributed by atoms with Gasteiger partial charge in [0.1, 0.15) is 0 Å². The third-order valence-electron chi connectivity index (χ3n) is 2.34. The van der Waals surface area contributed by atoms with Crippen LogP contribution in [0.25, 0.3) is 0 Å². The van der Waals surface area contributed by atoms with Gasteiger partial charge in [-0.05, 0) is 6.42 Å². The predicted octanol–water partition coefficient (Wildman–Crippen LogP) is 2.90. The van der Waals surface area contributed by atoms with Gasteiger partial charge in [0, 0.05) is 13.0 Å². The zero-order valence-corrected chi connectivity index (χ0v) is 12.6. The van der Waals surface area contributed by atoms with Crippen LogP contribution in [0.3, 0.4) is 0 Å². The summed E-state index contributed by atoms with van der Waals surface area (Å²) in [4.78, 5) is 0. The van der Waals surface area contributed by atoms with E-state index in [2.05, 4.69) is 0 Å². The zero-order chi connectivity index (χ0) is 13.1. The minimum absolute atomic E-state index is 0.0530. The van der Waals surface area contributed by atoms with E-state index >= 15 is 0 Å². The van der Waals surface area contributed by atoms with Crippen LogP contribution in [0.1, 0.15) is 13.3 Å². The van der Waals surface area contributed by atoms with Crippen molar-refractivity contribution in [1.82, 2.24) is 0 Å². The number of halogens is 3. The maximum Gasteiger partial charge on any atom is 0.0944 e. The van der Waals surface area contributed by atoms with E-state index in [1.54, 1.807) is 7.11 Å². The molecule has 0 rings (SSSR count). The maximum absolute atomic E-state index is 5.80. The highest BCUT2D eigenvalue weighted by atomic mass is 35.5. The van der Waals surface area contributed by atoms with Crippen LogP contribution in [0.15, 0.2) is 0 Å². The van der Waals surface area contributed by atoms with E-state index in [1.165, 1.54) is 0 Å². The largest absolute Gasteiger partial charge is 0.378 e. The van der Waals surface area contributed by atoms with Gasteiger partial charge in [-0.2, -0.15) is 0 Å². The van der Waals surface area contributed by atoms with Gasteiger partial charge >= 0.3 is 0 Å². The van der Waals surface area contributed by atoms with Crippen molar-refractivity contribution in [1.29, 1.82) is 0 Å². The molecular weight excluding hydrogens is 286 g/mol. The SMILES string of the molecule is CCC(CCl)OCC(CCl)OCC(CCl)OC. The fourth-order valence-corrected chi connectivity index (χ4v) is 1.77. The van der Waals surface area contributed by atoms with Gasteiger partial charge in [0.05, 0.1) is 43.3 Å². The van der Waals surface area contributed by atoms with Crippen LogP contribution in [0.5, 0.6) is 0 Å². The van der Waals surface area contributed by atoms with Crippen LogP contribution in [0, 0.1) is 0 Å². The topological polar surface area (TPSA) is 27.7 Å². The van der Waals surface area contributed by atoms with Crippen molar-refractivity contribution in [3.05, 3.63) is 0 Å². The maximum atomic E-state index is 5.80. The van der Waals surface area contributed by atoms with Crippen LogP contribution in [0.2, 0.25) is 0 Å². The summed E-state index contributed by atoms with van der Waals surface area (Å²) >= 11 is 17.2. The van der Waals surface area contributed by atoms with Crippen molar-refractivity contribution in [2.75, 3.05) is 38.0 Å². The number of hydrogen-bond acceptors (Lipinski definition) is 3. The fraction of sp³-hybridized carbons (Fsp3) is 1.00. The summed E-state index contributed by atoms with van der Waals surface area (Å²) in [6.07, 6.45) is 0.658. The van der Waals surface area contributed by atoms with Crippen molar-refractivity contribution >= 4 is 34.8 Å². The molecule has 0 fully saturated rings. The Hall–Kier alpha value is 0.750. The molecule has 3 unspecified atom stereocenters. The van der Waals surface area contributed by atoms with E-state index in [0.29, 0.717) is 30.9 Å². The molecule has 0 saturated carbocycles. The van der Waals surface area contributed by atoms with Crippen LogP contribution in [-0.4, -0.2) is 56.3 Å². The minimum Gasteiger partial charge on any atom is -0.378 e. The Morgan fingerprint density at radius 2 is 1.29 bits per heavy atom. The summed E-state index contributed by atoms with van der Waals surface area (Å²) in [6, 6.07) is 0. The van der Waals surface area contributed by atoms with Crippen molar-refractivity contribution in [2.45, 2.75) is 31.7 Å². The van der Waals surface area contributed by atoms with Crippen molar-refractivity contribution in [3.63, 3.8) is 0 Å². The van der Waals surface area contributed by atoms with E-state index < -0.39 is 0 Å². The lowest BCUT2D eigenvalue weighted by atomic mass is 10.3. The van der Waals surface area contributed by atoms with Gasteiger partial charge < -0.3 is 14.2 Å². The lowest BCUT2D eigenvalue weighted by molar-refractivity contribution is -0.0576. The fourth-order valence-electron chi connectivity index (χ4n) is 1.07. The number of rotatable bonds is 11. The second-order valence-electron chi connectivity index (χ2n) is 3.64. The average molecular weight is 308 g/mol. The van der Waals surface area contributed by atoms with E-state index in [4.69, 9.17) is 49.0 Å². The lowest BCUT2D eigenvalue weighted by Crippen LogP contribution is -2.30. The molecule has 0 saturated heterocycles. The van der Waals surface area contributed by atoms with E-state index in [1.807, 2.05) is 6.92 Å². The first-order valence-electron chi connectivity index (χ1n) is 5.65. The van der Waals surface area contributed by atoms with Crippen LogP contribution >= 0.6 is 34.8 Å². The molecule has 0 aromatic heterocycles. The molecule has 0 heterocycles. The standard InChI is InChI=1S/C11H21Cl3O3/c1-3-9(4-12)16-8-11(6-14)17-7-10(5-13)15-2/h9-11H,3-8H2,1-2H3. The second kappa shape index (κ2) is 11.8. The number of ether oxygens (including phenoxy) is 3. The molecule has 104 valence electrons. The molecule has 3 nitrogen and oxygen atoms in total. The van der Waals surface area contributed by atoms with Crippen LogP contribution in [-0.2, 0) is 14.2 Å². The Morgan fingerprint density at radius 3 is 1.71 bits per heavy atom. The van der Waals surface area contributed by atoms with E-state index in [9.17, 15) is 0 Å². The van der Waals surface area contributed by atoms with Crippen LogP contribution < -0.4 is 0 Å². The summed E-state index contributed by atoms with van der Waals surface area (Å²) in [6.45, 7) is 2.88. The van der Waals surface area contributed by atoms with E-state index in [-0.39, 0.29) is 18.3 Å². The highest BCUT2D eigenvalue weighted by Gasteiger charge is 2.14. The predicted molar refractivity (Wildman–Crippen MR) is 72.7 cm³/mol. The Morgan fingerprint density at radius 1 is 0.824 bits per heavy atom. The molecule has 17 heavy (non-hydrogen) atoms. The summed E-state index contributed by atoms with van der Waals surface area (Å²) in [5.41, 5.74) is 0. The minimum atomic E-state index is -0.158. The normalized spacial score (nSPS) is 16.8. The first-order valence-corrected chi connectivity index (χ1v) is 7.25. The Labute approximate surface area is 119 Å². The molecule has 0 amide bonds. The Balaban J connectivity index is 3.82. The highest BCUT2D eigenvalue weighted by molar-refractivity contribution is 6.18. The van der Waals surface area contributed by atoms with Crippen molar-refractivity contribution in [2.24, 2.45) is 0 Å². The molecule has 0 aliphatic rings. The van der Waals surface area contributed by atoms with Crippen molar-refractivity contribution < 1.29 is 14.2 Å².